The Morgan fingerprint density at radius 1 is 1.45 bits per heavy atom. The van der Waals surface area contributed by atoms with Gasteiger partial charge in [0.2, 0.25) is 0 Å². The lowest BCUT2D eigenvalue weighted by Crippen LogP contribution is -2.26. The van der Waals surface area contributed by atoms with Crippen LogP contribution >= 0.6 is 0 Å². The number of hydrogen-bond donors (Lipinski definition) is 0. The monoisotopic (exact) mass is 453 g/mol. The molecule has 4 atom stereocenters. The fraction of sp³-hybridized carbons (Fsp3) is 0.556. The summed E-state index contributed by atoms with van der Waals surface area (Å²) >= 11 is 0. The highest BCUT2D eigenvalue weighted by Crippen LogP contribution is 2.28. The predicted molar refractivity (Wildman–Crippen MR) is 134 cm³/mol. The van der Waals surface area contributed by atoms with Gasteiger partial charge in [0.15, 0.2) is 6.29 Å². The molecular formula is C27H39N3O3. The van der Waals surface area contributed by atoms with E-state index in [1.54, 1.807) is 12.3 Å². The lowest BCUT2D eigenvalue weighted by atomic mass is 9.87. The minimum absolute atomic E-state index is 0.206. The Morgan fingerprint density at radius 2 is 2.27 bits per heavy atom. The van der Waals surface area contributed by atoms with Crippen molar-refractivity contribution in [3.63, 3.8) is 0 Å². The molecule has 33 heavy (non-hydrogen) atoms. The maximum Gasteiger partial charge on any atom is 0.158 e. The first-order valence-electron chi connectivity index (χ1n) is 11.9. The maximum atomic E-state index is 6.18. The predicted octanol–water partition coefficient (Wildman–Crippen LogP) is 6.16. The zero-order valence-corrected chi connectivity index (χ0v) is 20.6. The van der Waals surface area contributed by atoms with Gasteiger partial charge in [-0.2, -0.15) is 0 Å². The van der Waals surface area contributed by atoms with Crippen LogP contribution in [-0.2, 0) is 14.3 Å². The Labute approximate surface area is 199 Å². The average Bonchev–Trinajstić information content (AvgIpc) is 3.32. The molecule has 180 valence electrons. The third-order valence-electron chi connectivity index (χ3n) is 5.82. The van der Waals surface area contributed by atoms with Crippen LogP contribution in [0.15, 0.2) is 54.0 Å². The summed E-state index contributed by atoms with van der Waals surface area (Å²) in [6, 6.07) is -0.256. The summed E-state index contributed by atoms with van der Waals surface area (Å²) < 4.78 is 14.0. The molecule has 1 aliphatic heterocycles. The minimum Gasteiger partial charge on any atom is -0.394 e. The first kappa shape index (κ1) is 26.6. The standard InChI is InChI=1S/C27H39N3O3/c1-7-10-16-27(5,9-3)17-15-23(13-8-2)24(21-32-28-6)30-19-18-29-26(30)22(4)33-25-14-11-12-20-31-25/h8,10,13,16,18-19,22,24-25H,2,6-7,9,11-12,14,20-21H2,1,3-5H3/b16-10-,23-13-/t22-,24?,25?,27?/m0/s1. The van der Waals surface area contributed by atoms with Crippen molar-refractivity contribution in [1.29, 1.82) is 0 Å². The number of ether oxygens (including phenoxy) is 2. The van der Waals surface area contributed by atoms with Crippen LogP contribution in [0, 0.1) is 17.3 Å². The lowest BCUT2D eigenvalue weighted by Gasteiger charge is -2.27. The van der Waals surface area contributed by atoms with E-state index in [9.17, 15) is 0 Å². The van der Waals surface area contributed by atoms with Crippen molar-refractivity contribution in [2.45, 2.75) is 78.2 Å². The summed E-state index contributed by atoms with van der Waals surface area (Å²) in [5, 5.41) is 3.61. The van der Waals surface area contributed by atoms with E-state index in [1.807, 2.05) is 23.8 Å². The number of nitrogens with zero attached hydrogens (tertiary/aromatic N) is 3. The number of hydrogen-bond acceptors (Lipinski definition) is 5. The molecular weight excluding hydrogens is 414 g/mol. The summed E-state index contributed by atoms with van der Waals surface area (Å²) in [6.45, 7) is 16.8. The second kappa shape index (κ2) is 13.8. The van der Waals surface area contributed by atoms with Gasteiger partial charge in [-0.25, -0.2) is 4.98 Å². The summed E-state index contributed by atoms with van der Waals surface area (Å²) in [4.78, 5) is 9.98. The van der Waals surface area contributed by atoms with Gasteiger partial charge in [-0.05, 0) is 52.0 Å². The van der Waals surface area contributed by atoms with Crippen molar-refractivity contribution >= 4 is 6.72 Å². The Hall–Kier alpha value is -2.62. The van der Waals surface area contributed by atoms with Gasteiger partial charge in [-0.3, -0.25) is 0 Å². The zero-order valence-electron chi connectivity index (χ0n) is 20.6. The third-order valence-corrected chi connectivity index (χ3v) is 5.82. The molecule has 0 N–H and O–H groups in total. The topological polar surface area (TPSA) is 57.9 Å². The summed E-state index contributed by atoms with van der Waals surface area (Å²) in [5.74, 6) is 7.64. The zero-order chi connectivity index (χ0) is 24.1. The van der Waals surface area contributed by atoms with Crippen molar-refractivity contribution in [3.05, 3.63) is 54.7 Å². The smallest absolute Gasteiger partial charge is 0.158 e. The molecule has 0 amide bonds. The quantitative estimate of drug-likeness (QED) is 0.125. The van der Waals surface area contributed by atoms with Gasteiger partial charge < -0.3 is 18.9 Å². The van der Waals surface area contributed by atoms with Crippen molar-refractivity contribution < 1.29 is 14.3 Å². The van der Waals surface area contributed by atoms with Crippen LogP contribution in [-0.4, -0.2) is 35.8 Å². The molecule has 0 aliphatic carbocycles. The highest BCUT2D eigenvalue weighted by Gasteiger charge is 2.26. The summed E-state index contributed by atoms with van der Waals surface area (Å²) in [5.41, 5.74) is 0.642. The molecule has 1 saturated heterocycles. The number of aromatic nitrogens is 2. The van der Waals surface area contributed by atoms with Gasteiger partial charge in [-0.1, -0.05) is 50.5 Å². The highest BCUT2D eigenvalue weighted by atomic mass is 16.7. The van der Waals surface area contributed by atoms with Gasteiger partial charge in [0.25, 0.3) is 0 Å². The lowest BCUT2D eigenvalue weighted by molar-refractivity contribution is -0.188. The van der Waals surface area contributed by atoms with Crippen LogP contribution in [0.4, 0.5) is 0 Å². The van der Waals surface area contributed by atoms with Crippen LogP contribution in [0.2, 0.25) is 0 Å². The minimum atomic E-state index is -0.256. The molecule has 1 aliphatic rings. The van der Waals surface area contributed by atoms with Crippen LogP contribution in [0.3, 0.4) is 0 Å². The Morgan fingerprint density at radius 3 is 2.91 bits per heavy atom. The van der Waals surface area contributed by atoms with Crippen LogP contribution < -0.4 is 0 Å². The molecule has 1 aromatic heterocycles. The Kier molecular flexibility index (Phi) is 11.2. The molecule has 2 rings (SSSR count). The maximum absolute atomic E-state index is 6.18. The van der Waals surface area contributed by atoms with Gasteiger partial charge >= 0.3 is 0 Å². The van der Waals surface area contributed by atoms with E-state index >= 15 is 0 Å². The molecule has 6 nitrogen and oxygen atoms in total. The third kappa shape index (κ3) is 8.03. The number of rotatable bonds is 12. The molecule has 0 spiro atoms. The molecule has 2 heterocycles. The van der Waals surface area contributed by atoms with E-state index in [2.05, 4.69) is 68.2 Å². The van der Waals surface area contributed by atoms with E-state index in [1.165, 1.54) is 0 Å². The van der Waals surface area contributed by atoms with E-state index in [0.717, 1.165) is 50.1 Å². The van der Waals surface area contributed by atoms with Crippen LogP contribution in [0.25, 0.3) is 0 Å². The van der Waals surface area contributed by atoms with E-state index in [0.29, 0.717) is 0 Å². The average molecular weight is 454 g/mol. The SMILES string of the molecule is C=C/C=C(/C#CC(C)(/C=C\CC)CC)C(CON=C)n1ccnc1[C@H](C)OC1CCCCO1. The fourth-order valence-corrected chi connectivity index (χ4v) is 3.66. The number of allylic oxidation sites excluding steroid dienone is 4. The van der Waals surface area contributed by atoms with Crippen molar-refractivity contribution in [3.8, 4) is 11.8 Å². The molecule has 0 aromatic carbocycles. The van der Waals surface area contributed by atoms with Crippen LogP contribution in [0.1, 0.15) is 77.8 Å². The van der Waals surface area contributed by atoms with Crippen molar-refractivity contribution in [1.82, 2.24) is 9.55 Å². The number of oxime groups is 1. The molecule has 0 radical (unpaired) electrons. The summed E-state index contributed by atoms with van der Waals surface area (Å²) in [7, 11) is 0. The van der Waals surface area contributed by atoms with E-state index in [-0.39, 0.29) is 30.5 Å². The van der Waals surface area contributed by atoms with Crippen molar-refractivity contribution in [2.24, 2.45) is 10.6 Å². The fourth-order valence-electron chi connectivity index (χ4n) is 3.66. The largest absolute Gasteiger partial charge is 0.394 e. The summed E-state index contributed by atoms with van der Waals surface area (Å²) in [6.07, 6.45) is 16.2. The normalized spacial score (nSPS) is 20.4. The molecule has 1 fully saturated rings. The molecule has 1 aromatic rings. The number of imidazole rings is 1. The second-order valence-corrected chi connectivity index (χ2v) is 8.40. The van der Waals surface area contributed by atoms with Crippen LogP contribution in [0.5, 0.6) is 0 Å². The first-order valence-corrected chi connectivity index (χ1v) is 11.9. The van der Waals surface area contributed by atoms with E-state index in [4.69, 9.17) is 14.3 Å². The molecule has 0 saturated carbocycles. The molecule has 0 bridgehead atoms. The second-order valence-electron chi connectivity index (χ2n) is 8.40. The molecule has 6 heteroatoms. The van der Waals surface area contributed by atoms with E-state index < -0.39 is 0 Å². The van der Waals surface area contributed by atoms with Crippen molar-refractivity contribution in [2.75, 3.05) is 13.2 Å². The van der Waals surface area contributed by atoms with Gasteiger partial charge in [0, 0.05) is 36.7 Å². The Bertz CT molecular complexity index is 871. The van der Waals surface area contributed by atoms with Gasteiger partial charge in [-0.15, -0.1) is 5.16 Å². The van der Waals surface area contributed by atoms with Gasteiger partial charge in [0.05, 0.1) is 0 Å². The highest BCUT2D eigenvalue weighted by molar-refractivity contribution is 5.38. The van der Waals surface area contributed by atoms with Gasteiger partial charge in [0.1, 0.15) is 24.6 Å². The first-order chi connectivity index (χ1) is 16.0. The Balaban J connectivity index is 2.38. The molecule has 3 unspecified atom stereocenters.